The second-order valence-electron chi connectivity index (χ2n) is 5.73. The van der Waals surface area contributed by atoms with Crippen LogP contribution in [0.5, 0.6) is 0 Å². The van der Waals surface area contributed by atoms with E-state index < -0.39 is 0 Å². The Balaban J connectivity index is 1.65. The summed E-state index contributed by atoms with van der Waals surface area (Å²) in [6, 6.07) is 12.5. The molecule has 0 fully saturated rings. The number of benzene rings is 2. The molecule has 118 valence electrons. The van der Waals surface area contributed by atoms with Gasteiger partial charge in [0.1, 0.15) is 11.6 Å². The normalized spacial score (nSPS) is 12.2. The van der Waals surface area contributed by atoms with Gasteiger partial charge in [-0.3, -0.25) is 4.99 Å². The van der Waals surface area contributed by atoms with Gasteiger partial charge in [0.2, 0.25) is 0 Å². The Morgan fingerprint density at radius 1 is 1.08 bits per heavy atom. The number of hydrogen-bond donors (Lipinski definition) is 1. The van der Waals surface area contributed by atoms with Gasteiger partial charge >= 0.3 is 0 Å². The smallest absolute Gasteiger partial charge is 0.161 e. The zero-order chi connectivity index (χ0) is 16.5. The van der Waals surface area contributed by atoms with Crippen molar-refractivity contribution in [3.8, 4) is 11.4 Å². The highest BCUT2D eigenvalue weighted by Crippen LogP contribution is 2.24. The van der Waals surface area contributed by atoms with Gasteiger partial charge in [0, 0.05) is 23.7 Å². The number of rotatable bonds is 3. The van der Waals surface area contributed by atoms with Gasteiger partial charge < -0.3 is 5.32 Å². The van der Waals surface area contributed by atoms with Gasteiger partial charge in [-0.25, -0.2) is 14.4 Å². The zero-order valence-electron chi connectivity index (χ0n) is 13.1. The molecule has 0 aliphatic carbocycles. The van der Waals surface area contributed by atoms with Crippen LogP contribution in [0.15, 0.2) is 53.7 Å². The second-order valence-corrected chi connectivity index (χ2v) is 5.73. The first kappa shape index (κ1) is 14.5. The molecule has 1 N–H and O–H groups in total. The molecule has 4 nitrogen and oxygen atoms in total. The minimum atomic E-state index is -0.296. The summed E-state index contributed by atoms with van der Waals surface area (Å²) in [7, 11) is 0. The highest BCUT2D eigenvalue weighted by Gasteiger charge is 2.09. The fourth-order valence-electron chi connectivity index (χ4n) is 2.72. The molecule has 5 heteroatoms. The van der Waals surface area contributed by atoms with Gasteiger partial charge in [-0.1, -0.05) is 12.1 Å². The first-order valence-electron chi connectivity index (χ1n) is 7.68. The quantitative estimate of drug-likeness (QED) is 0.784. The molecule has 0 atom stereocenters. The molecule has 4 rings (SSSR count). The van der Waals surface area contributed by atoms with Crippen LogP contribution in [0.2, 0.25) is 0 Å². The van der Waals surface area contributed by atoms with Crippen LogP contribution in [-0.4, -0.2) is 16.2 Å². The number of anilines is 2. The van der Waals surface area contributed by atoms with Gasteiger partial charge in [0.15, 0.2) is 5.82 Å². The van der Waals surface area contributed by atoms with Gasteiger partial charge in [0.05, 0.1) is 6.54 Å². The minimum absolute atomic E-state index is 0.296. The summed E-state index contributed by atoms with van der Waals surface area (Å²) in [5.41, 5.74) is 4.90. The van der Waals surface area contributed by atoms with Crippen molar-refractivity contribution in [3.63, 3.8) is 0 Å². The molecule has 1 aromatic heterocycles. The first-order chi connectivity index (χ1) is 11.7. The Morgan fingerprint density at radius 2 is 2.00 bits per heavy atom. The SMILES string of the molecule is Cc1ccc(F)cc1-c1nccc(Nc2ccc3c(c2)C=NC3)n1. The number of fused-ring (bicyclic) bond motifs is 1. The van der Waals surface area contributed by atoms with Crippen LogP contribution in [0.4, 0.5) is 15.9 Å². The molecule has 2 aromatic carbocycles. The topological polar surface area (TPSA) is 50.2 Å². The Morgan fingerprint density at radius 3 is 2.92 bits per heavy atom. The lowest BCUT2D eigenvalue weighted by Crippen LogP contribution is -1.99. The fourth-order valence-corrected chi connectivity index (χ4v) is 2.72. The van der Waals surface area contributed by atoms with Crippen molar-refractivity contribution in [1.82, 2.24) is 9.97 Å². The van der Waals surface area contributed by atoms with E-state index >= 15 is 0 Å². The summed E-state index contributed by atoms with van der Waals surface area (Å²) in [5.74, 6) is 0.869. The maximum atomic E-state index is 13.5. The Bertz CT molecular complexity index is 950. The molecule has 0 unspecified atom stereocenters. The van der Waals surface area contributed by atoms with Crippen molar-refractivity contribution in [2.75, 3.05) is 5.32 Å². The standard InChI is InChI=1S/C19H15FN4/c1-12-2-4-15(20)9-17(12)19-22-7-6-18(24-19)23-16-5-3-13-10-21-11-14(13)8-16/h2-9,11H,10H2,1H3,(H,22,23,24). The van der Waals surface area contributed by atoms with Crippen LogP contribution in [0.3, 0.4) is 0 Å². The number of aromatic nitrogens is 2. The Kier molecular flexibility index (Phi) is 3.54. The average molecular weight is 318 g/mol. The van der Waals surface area contributed by atoms with Gasteiger partial charge in [-0.05, 0) is 53.9 Å². The maximum Gasteiger partial charge on any atom is 0.161 e. The zero-order valence-corrected chi connectivity index (χ0v) is 13.1. The van der Waals surface area contributed by atoms with Crippen LogP contribution in [0.1, 0.15) is 16.7 Å². The molecular weight excluding hydrogens is 303 g/mol. The molecule has 0 radical (unpaired) electrons. The molecule has 0 saturated carbocycles. The van der Waals surface area contributed by atoms with Crippen LogP contribution in [0, 0.1) is 12.7 Å². The minimum Gasteiger partial charge on any atom is -0.340 e. The van der Waals surface area contributed by atoms with Crippen LogP contribution in [0.25, 0.3) is 11.4 Å². The lowest BCUT2D eigenvalue weighted by Gasteiger charge is -2.09. The van der Waals surface area contributed by atoms with E-state index in [9.17, 15) is 4.39 Å². The van der Waals surface area contributed by atoms with Crippen LogP contribution in [-0.2, 0) is 6.54 Å². The molecule has 0 bridgehead atoms. The molecule has 0 spiro atoms. The highest BCUT2D eigenvalue weighted by atomic mass is 19.1. The Hall–Kier alpha value is -3.08. The van der Waals surface area contributed by atoms with Gasteiger partial charge in [-0.15, -0.1) is 0 Å². The number of hydrogen-bond acceptors (Lipinski definition) is 4. The molecule has 2 heterocycles. The largest absolute Gasteiger partial charge is 0.340 e. The average Bonchev–Trinajstić information content (AvgIpc) is 3.05. The van der Waals surface area contributed by atoms with E-state index in [0.717, 1.165) is 23.4 Å². The summed E-state index contributed by atoms with van der Waals surface area (Å²) >= 11 is 0. The van der Waals surface area contributed by atoms with E-state index in [1.807, 2.05) is 25.3 Å². The first-order valence-corrected chi connectivity index (χ1v) is 7.68. The van der Waals surface area contributed by atoms with Crippen molar-refractivity contribution in [2.45, 2.75) is 13.5 Å². The van der Waals surface area contributed by atoms with Crippen molar-refractivity contribution in [2.24, 2.45) is 4.99 Å². The summed E-state index contributed by atoms with van der Waals surface area (Å²) < 4.78 is 13.5. The third kappa shape index (κ3) is 2.76. The third-order valence-electron chi connectivity index (χ3n) is 4.01. The van der Waals surface area contributed by atoms with Crippen molar-refractivity contribution < 1.29 is 4.39 Å². The van der Waals surface area contributed by atoms with Gasteiger partial charge in [-0.2, -0.15) is 0 Å². The van der Waals surface area contributed by atoms with E-state index in [-0.39, 0.29) is 5.82 Å². The monoisotopic (exact) mass is 318 g/mol. The summed E-state index contributed by atoms with van der Waals surface area (Å²) in [6.45, 7) is 2.66. The number of aliphatic imine (C=N–C) groups is 1. The van der Waals surface area contributed by atoms with E-state index in [1.165, 1.54) is 17.7 Å². The molecule has 24 heavy (non-hydrogen) atoms. The lowest BCUT2D eigenvalue weighted by atomic mass is 10.1. The third-order valence-corrected chi connectivity index (χ3v) is 4.01. The van der Waals surface area contributed by atoms with Crippen LogP contribution < -0.4 is 5.32 Å². The summed E-state index contributed by atoms with van der Waals surface area (Å²) in [4.78, 5) is 13.0. The predicted octanol–water partition coefficient (Wildman–Crippen LogP) is 4.27. The number of aryl methyl sites for hydroxylation is 1. The second kappa shape index (κ2) is 5.85. The molecule has 0 saturated heterocycles. The van der Waals surface area contributed by atoms with Gasteiger partial charge in [0.25, 0.3) is 0 Å². The molecule has 1 aliphatic rings. The predicted molar refractivity (Wildman–Crippen MR) is 93.2 cm³/mol. The van der Waals surface area contributed by atoms with Crippen molar-refractivity contribution in [3.05, 3.63) is 71.2 Å². The summed E-state index contributed by atoms with van der Waals surface area (Å²) in [5, 5.41) is 3.27. The maximum absolute atomic E-state index is 13.5. The lowest BCUT2D eigenvalue weighted by molar-refractivity contribution is 0.627. The number of nitrogens with zero attached hydrogens (tertiary/aromatic N) is 3. The molecule has 0 amide bonds. The van der Waals surface area contributed by atoms with E-state index in [0.29, 0.717) is 17.2 Å². The van der Waals surface area contributed by atoms with Crippen LogP contribution >= 0.6 is 0 Å². The highest BCUT2D eigenvalue weighted by molar-refractivity contribution is 5.86. The Labute approximate surface area is 139 Å². The molecule has 3 aromatic rings. The van der Waals surface area contributed by atoms with E-state index in [4.69, 9.17) is 0 Å². The van der Waals surface area contributed by atoms with E-state index in [1.54, 1.807) is 18.3 Å². The summed E-state index contributed by atoms with van der Waals surface area (Å²) in [6.07, 6.45) is 3.55. The fraction of sp³-hybridized carbons (Fsp3) is 0.105. The number of nitrogens with one attached hydrogen (secondary N) is 1. The number of halogens is 1. The van der Waals surface area contributed by atoms with Crippen molar-refractivity contribution in [1.29, 1.82) is 0 Å². The molecular formula is C19H15FN4. The van der Waals surface area contributed by atoms with E-state index in [2.05, 4.69) is 26.3 Å². The molecule has 1 aliphatic heterocycles. The van der Waals surface area contributed by atoms with Crippen molar-refractivity contribution >= 4 is 17.7 Å².